The van der Waals surface area contributed by atoms with Gasteiger partial charge in [-0.2, -0.15) is 0 Å². The molecule has 0 spiro atoms. The van der Waals surface area contributed by atoms with Crippen LogP contribution in [0.3, 0.4) is 0 Å². The smallest absolute Gasteiger partial charge is 0.255 e. The number of carbonyl (C=O) groups is 3. The summed E-state index contributed by atoms with van der Waals surface area (Å²) in [4.78, 5) is 37.2. The molecule has 2 fully saturated rings. The van der Waals surface area contributed by atoms with Gasteiger partial charge >= 0.3 is 0 Å². The topological polar surface area (TPSA) is 178 Å². The van der Waals surface area contributed by atoms with Crippen molar-refractivity contribution in [1.29, 1.82) is 0 Å². The highest BCUT2D eigenvalue weighted by Gasteiger charge is 2.64. The number of ketones is 2. The molecule has 3 unspecified atom stereocenters. The Labute approximate surface area is 166 Å². The van der Waals surface area contributed by atoms with E-state index in [1.807, 2.05) is 0 Å². The minimum atomic E-state index is -2.53. The molecule has 0 aliphatic heterocycles. The monoisotopic (exact) mass is 407 g/mol. The number of fused-ring (bicyclic) bond motifs is 3. The maximum atomic E-state index is 13.2. The van der Waals surface area contributed by atoms with Crippen LogP contribution in [0.2, 0.25) is 0 Å². The molecule has 4 rings (SSSR count). The third-order valence-corrected chi connectivity index (χ3v) is 7.52. The number of rotatable bonds is 1. The second-order valence-electron chi connectivity index (χ2n) is 8.95. The number of primary amides is 1. The number of hydrogen-bond donors (Lipinski definition) is 6. The number of amides is 1. The number of nitrogens with two attached hydrogens (primary N) is 1. The molecule has 7 N–H and O–H groups in total. The predicted octanol–water partition coefficient (Wildman–Crippen LogP) is -0.453. The summed E-state index contributed by atoms with van der Waals surface area (Å²) in [5, 5.41) is 54.4. The van der Waals surface area contributed by atoms with Crippen molar-refractivity contribution in [3.8, 4) is 0 Å². The Morgan fingerprint density at radius 3 is 2.41 bits per heavy atom. The van der Waals surface area contributed by atoms with E-state index in [0.717, 1.165) is 0 Å². The fraction of sp³-hybridized carbons (Fsp3) is 0.650. The lowest BCUT2D eigenvalue weighted by Gasteiger charge is -2.55. The van der Waals surface area contributed by atoms with Gasteiger partial charge in [-0.15, -0.1) is 0 Å². The molecule has 0 heterocycles. The van der Waals surface area contributed by atoms with Crippen LogP contribution in [0.15, 0.2) is 22.7 Å². The lowest BCUT2D eigenvalue weighted by atomic mass is 9.51. The molecular weight excluding hydrogens is 382 g/mol. The van der Waals surface area contributed by atoms with Gasteiger partial charge in [-0.3, -0.25) is 14.4 Å². The molecule has 158 valence electrons. The van der Waals surface area contributed by atoms with E-state index in [1.165, 1.54) is 6.92 Å². The summed E-state index contributed by atoms with van der Waals surface area (Å²) >= 11 is 0. The minimum Gasteiger partial charge on any atom is -0.508 e. The fourth-order valence-electron chi connectivity index (χ4n) is 6.02. The Bertz CT molecular complexity index is 887. The van der Waals surface area contributed by atoms with Crippen LogP contribution in [0.5, 0.6) is 0 Å². The maximum absolute atomic E-state index is 13.2. The standard InChI is InChI=1S/C20H25NO8/c1-19(28)8-3-2-4-10(22)12(8)15(24)13-9(19)5-7-6-11(23)14(18(21)27)17(26)20(7,29)16(13)25/h7-10,12,22,25-26,28-29H,2-6H2,1H3,(H2,21,27)/t7-,8?,9-,10?,12?,19+,20-/m0/s1. The number of carbonyl (C=O) groups excluding carboxylic acids is 3. The molecule has 0 saturated heterocycles. The number of hydrogen-bond acceptors (Lipinski definition) is 8. The molecule has 0 aromatic rings. The first-order valence-corrected chi connectivity index (χ1v) is 9.81. The molecular formula is C20H25NO8. The van der Waals surface area contributed by atoms with Crippen molar-refractivity contribution >= 4 is 17.5 Å². The lowest BCUT2D eigenvalue weighted by molar-refractivity contribution is -0.165. The van der Waals surface area contributed by atoms with Crippen LogP contribution < -0.4 is 5.73 Å². The van der Waals surface area contributed by atoms with Crippen molar-refractivity contribution < 1.29 is 39.9 Å². The second kappa shape index (κ2) is 6.13. The van der Waals surface area contributed by atoms with Crippen LogP contribution in [-0.2, 0) is 14.4 Å². The van der Waals surface area contributed by atoms with Gasteiger partial charge in [0.2, 0.25) is 0 Å². The van der Waals surface area contributed by atoms with E-state index in [1.54, 1.807) is 0 Å². The van der Waals surface area contributed by atoms with Crippen molar-refractivity contribution in [3.05, 3.63) is 22.7 Å². The first kappa shape index (κ1) is 20.1. The second-order valence-corrected chi connectivity index (χ2v) is 8.95. The van der Waals surface area contributed by atoms with Gasteiger partial charge in [0.1, 0.15) is 17.1 Å². The average molecular weight is 407 g/mol. The molecule has 0 radical (unpaired) electrons. The van der Waals surface area contributed by atoms with Crippen molar-refractivity contribution in [2.75, 3.05) is 0 Å². The number of Topliss-reactive ketones (excluding diaryl/α,β-unsaturated/α-hetero) is 2. The summed E-state index contributed by atoms with van der Waals surface area (Å²) in [7, 11) is 0. The van der Waals surface area contributed by atoms with Crippen molar-refractivity contribution in [3.63, 3.8) is 0 Å². The minimum absolute atomic E-state index is 0.0597. The molecule has 7 atom stereocenters. The molecule has 4 aliphatic carbocycles. The zero-order chi connectivity index (χ0) is 21.5. The summed E-state index contributed by atoms with van der Waals surface area (Å²) < 4.78 is 0. The van der Waals surface area contributed by atoms with E-state index in [-0.39, 0.29) is 18.4 Å². The zero-order valence-corrected chi connectivity index (χ0v) is 16.0. The van der Waals surface area contributed by atoms with Gasteiger partial charge in [0, 0.05) is 29.7 Å². The molecule has 2 saturated carbocycles. The van der Waals surface area contributed by atoms with Crippen LogP contribution in [-0.4, -0.2) is 60.3 Å². The molecule has 4 aliphatic rings. The Balaban J connectivity index is 1.94. The van der Waals surface area contributed by atoms with E-state index in [9.17, 15) is 39.9 Å². The largest absolute Gasteiger partial charge is 0.508 e. The normalized spacial score (nSPS) is 44.9. The number of aliphatic hydroxyl groups is 5. The van der Waals surface area contributed by atoms with Gasteiger partial charge in [0.25, 0.3) is 5.91 Å². The van der Waals surface area contributed by atoms with E-state index in [0.29, 0.717) is 19.3 Å². The average Bonchev–Trinajstić information content (AvgIpc) is 2.62. The van der Waals surface area contributed by atoms with Gasteiger partial charge < -0.3 is 31.3 Å². The van der Waals surface area contributed by atoms with Crippen LogP contribution in [0.1, 0.15) is 39.0 Å². The summed E-state index contributed by atoms with van der Waals surface area (Å²) in [5.74, 6) is -7.97. The summed E-state index contributed by atoms with van der Waals surface area (Å²) in [6.07, 6.45) is 0.0971. The molecule has 9 heteroatoms. The van der Waals surface area contributed by atoms with E-state index >= 15 is 0 Å². The fourth-order valence-corrected chi connectivity index (χ4v) is 6.02. The van der Waals surface area contributed by atoms with E-state index in [4.69, 9.17) is 5.73 Å². The van der Waals surface area contributed by atoms with Gasteiger partial charge in [-0.05, 0) is 26.2 Å². The van der Waals surface area contributed by atoms with Gasteiger partial charge in [-0.25, -0.2) is 0 Å². The third-order valence-electron chi connectivity index (χ3n) is 7.52. The van der Waals surface area contributed by atoms with Crippen LogP contribution in [0.4, 0.5) is 0 Å². The lowest BCUT2D eigenvalue weighted by Crippen LogP contribution is -2.63. The summed E-state index contributed by atoms with van der Waals surface area (Å²) in [6.45, 7) is 1.53. The Morgan fingerprint density at radius 1 is 1.14 bits per heavy atom. The molecule has 0 aromatic heterocycles. The van der Waals surface area contributed by atoms with Crippen LogP contribution in [0, 0.1) is 23.7 Å². The summed E-state index contributed by atoms with van der Waals surface area (Å²) in [5.41, 5.74) is 0.0859. The maximum Gasteiger partial charge on any atom is 0.255 e. The number of aliphatic hydroxyl groups excluding tert-OH is 3. The first-order chi connectivity index (χ1) is 13.4. The third kappa shape index (κ3) is 2.41. The van der Waals surface area contributed by atoms with Crippen LogP contribution >= 0.6 is 0 Å². The molecule has 9 nitrogen and oxygen atoms in total. The van der Waals surface area contributed by atoms with Crippen LogP contribution in [0.25, 0.3) is 0 Å². The molecule has 29 heavy (non-hydrogen) atoms. The Hall–Kier alpha value is -2.23. The van der Waals surface area contributed by atoms with E-state index < -0.39 is 75.5 Å². The van der Waals surface area contributed by atoms with Gasteiger partial charge in [0.15, 0.2) is 17.2 Å². The highest BCUT2D eigenvalue weighted by atomic mass is 16.4. The Kier molecular flexibility index (Phi) is 4.24. The Morgan fingerprint density at radius 2 is 1.79 bits per heavy atom. The SMILES string of the molecule is C[C@@]1(O)C2CCCC(O)C2C(=O)C2=C(O)[C@]3(O)C(O)=C(C(N)=O)C(=O)C[C@@H]3C[C@@H]21. The van der Waals surface area contributed by atoms with Crippen molar-refractivity contribution in [2.45, 2.75) is 56.3 Å². The first-order valence-electron chi connectivity index (χ1n) is 9.81. The van der Waals surface area contributed by atoms with E-state index in [2.05, 4.69) is 0 Å². The van der Waals surface area contributed by atoms with Crippen molar-refractivity contribution in [1.82, 2.24) is 0 Å². The van der Waals surface area contributed by atoms with Crippen molar-refractivity contribution in [2.24, 2.45) is 29.4 Å². The predicted molar refractivity (Wildman–Crippen MR) is 97.1 cm³/mol. The molecule has 1 amide bonds. The molecule has 0 bridgehead atoms. The molecule has 0 aromatic carbocycles. The highest BCUT2D eigenvalue weighted by molar-refractivity contribution is 6.20. The zero-order valence-electron chi connectivity index (χ0n) is 16.0. The quantitative estimate of drug-likeness (QED) is 0.316. The highest BCUT2D eigenvalue weighted by Crippen LogP contribution is 2.57. The van der Waals surface area contributed by atoms with Gasteiger partial charge in [0.05, 0.1) is 17.6 Å². The van der Waals surface area contributed by atoms with Gasteiger partial charge in [-0.1, -0.05) is 6.42 Å². The summed E-state index contributed by atoms with van der Waals surface area (Å²) in [6, 6.07) is 0.